The van der Waals surface area contributed by atoms with Crippen molar-refractivity contribution in [2.75, 3.05) is 7.05 Å². The molecule has 3 nitrogen and oxygen atoms in total. The molecule has 0 aliphatic heterocycles. The Bertz CT molecular complexity index is 346. The minimum atomic E-state index is -0.122. The number of likely N-dealkylation sites (N-methyl/N-ethyl adjacent to an activating group) is 1. The van der Waals surface area contributed by atoms with Crippen molar-refractivity contribution in [2.45, 2.75) is 31.3 Å². The van der Waals surface area contributed by atoms with Gasteiger partial charge in [-0.3, -0.25) is 4.79 Å². The van der Waals surface area contributed by atoms with E-state index in [0.717, 1.165) is 19.3 Å². The second-order valence-corrected chi connectivity index (χ2v) is 4.31. The van der Waals surface area contributed by atoms with E-state index in [1.54, 1.807) is 0 Å². The monoisotopic (exact) mass is 218 g/mol. The third-order valence-corrected chi connectivity index (χ3v) is 2.87. The van der Waals surface area contributed by atoms with Gasteiger partial charge in [-0.05, 0) is 31.9 Å². The van der Waals surface area contributed by atoms with Crippen molar-refractivity contribution in [3.05, 3.63) is 35.9 Å². The Hall–Kier alpha value is -1.35. The number of nitrogens with one attached hydrogen (secondary N) is 2. The van der Waals surface area contributed by atoms with E-state index in [9.17, 15) is 4.79 Å². The lowest BCUT2D eigenvalue weighted by atomic mass is 10.1. The molecular formula is C13H18N2O. The lowest BCUT2D eigenvalue weighted by Crippen LogP contribution is -2.44. The van der Waals surface area contributed by atoms with Gasteiger partial charge in [0, 0.05) is 6.04 Å². The SMILES string of the molecule is CN[C@@H](Cc1ccccc1)C(=O)NC1CC1. The van der Waals surface area contributed by atoms with E-state index in [1.165, 1.54) is 5.56 Å². The Morgan fingerprint density at radius 3 is 2.62 bits per heavy atom. The second-order valence-electron chi connectivity index (χ2n) is 4.31. The van der Waals surface area contributed by atoms with Crippen LogP contribution in [0.5, 0.6) is 0 Å². The summed E-state index contributed by atoms with van der Waals surface area (Å²) in [5.74, 6) is 0.119. The van der Waals surface area contributed by atoms with Gasteiger partial charge >= 0.3 is 0 Å². The smallest absolute Gasteiger partial charge is 0.237 e. The lowest BCUT2D eigenvalue weighted by molar-refractivity contribution is -0.123. The molecule has 1 aromatic rings. The molecule has 2 N–H and O–H groups in total. The fraction of sp³-hybridized carbons (Fsp3) is 0.462. The van der Waals surface area contributed by atoms with Crippen molar-refractivity contribution in [1.29, 1.82) is 0 Å². The molecule has 1 aromatic carbocycles. The van der Waals surface area contributed by atoms with Crippen LogP contribution in [0.4, 0.5) is 0 Å². The fourth-order valence-corrected chi connectivity index (χ4v) is 1.71. The van der Waals surface area contributed by atoms with Crippen LogP contribution in [0.2, 0.25) is 0 Å². The Morgan fingerprint density at radius 1 is 1.38 bits per heavy atom. The van der Waals surface area contributed by atoms with Crippen LogP contribution in [0.3, 0.4) is 0 Å². The van der Waals surface area contributed by atoms with Crippen molar-refractivity contribution in [3.8, 4) is 0 Å². The number of hydrogen-bond donors (Lipinski definition) is 2. The summed E-state index contributed by atoms with van der Waals surface area (Å²) < 4.78 is 0. The first kappa shape index (κ1) is 11.1. The minimum absolute atomic E-state index is 0.119. The lowest BCUT2D eigenvalue weighted by Gasteiger charge is -2.15. The highest BCUT2D eigenvalue weighted by Crippen LogP contribution is 2.18. The van der Waals surface area contributed by atoms with Crippen LogP contribution in [-0.4, -0.2) is 25.0 Å². The summed E-state index contributed by atoms with van der Waals surface area (Å²) in [4.78, 5) is 11.9. The average Bonchev–Trinajstić information content (AvgIpc) is 3.11. The topological polar surface area (TPSA) is 41.1 Å². The van der Waals surface area contributed by atoms with Gasteiger partial charge in [0.05, 0.1) is 6.04 Å². The number of amides is 1. The first-order valence-corrected chi connectivity index (χ1v) is 5.81. The molecule has 2 rings (SSSR count). The Balaban J connectivity index is 1.91. The number of carbonyl (C=O) groups excluding carboxylic acids is 1. The third-order valence-electron chi connectivity index (χ3n) is 2.87. The molecule has 86 valence electrons. The van der Waals surface area contributed by atoms with Crippen LogP contribution in [0.1, 0.15) is 18.4 Å². The van der Waals surface area contributed by atoms with E-state index in [0.29, 0.717) is 6.04 Å². The zero-order valence-electron chi connectivity index (χ0n) is 9.57. The van der Waals surface area contributed by atoms with Crippen LogP contribution in [0.25, 0.3) is 0 Å². The average molecular weight is 218 g/mol. The maximum Gasteiger partial charge on any atom is 0.237 e. The van der Waals surface area contributed by atoms with Gasteiger partial charge in [-0.25, -0.2) is 0 Å². The standard InChI is InChI=1S/C13H18N2O/c1-14-12(13(16)15-11-7-8-11)9-10-5-3-2-4-6-10/h2-6,11-12,14H,7-9H2,1H3,(H,15,16)/t12-/m0/s1. The minimum Gasteiger partial charge on any atom is -0.352 e. The van der Waals surface area contributed by atoms with Crippen molar-refractivity contribution in [1.82, 2.24) is 10.6 Å². The molecule has 1 fully saturated rings. The number of carbonyl (C=O) groups is 1. The van der Waals surface area contributed by atoms with E-state index in [2.05, 4.69) is 22.8 Å². The normalized spacial score (nSPS) is 16.8. The van der Waals surface area contributed by atoms with Crippen molar-refractivity contribution < 1.29 is 4.79 Å². The molecular weight excluding hydrogens is 200 g/mol. The van der Waals surface area contributed by atoms with E-state index < -0.39 is 0 Å². The molecule has 1 amide bonds. The number of benzene rings is 1. The molecule has 1 saturated carbocycles. The summed E-state index contributed by atoms with van der Waals surface area (Å²) in [5.41, 5.74) is 1.19. The molecule has 0 saturated heterocycles. The summed E-state index contributed by atoms with van der Waals surface area (Å²) in [7, 11) is 1.83. The van der Waals surface area contributed by atoms with E-state index in [-0.39, 0.29) is 11.9 Å². The van der Waals surface area contributed by atoms with Crippen LogP contribution in [0, 0.1) is 0 Å². The van der Waals surface area contributed by atoms with Crippen LogP contribution in [0.15, 0.2) is 30.3 Å². The molecule has 1 aliphatic rings. The molecule has 1 aliphatic carbocycles. The van der Waals surface area contributed by atoms with Gasteiger partial charge in [0.2, 0.25) is 5.91 Å². The molecule has 0 unspecified atom stereocenters. The van der Waals surface area contributed by atoms with Crippen molar-refractivity contribution >= 4 is 5.91 Å². The number of rotatable bonds is 5. The van der Waals surface area contributed by atoms with Gasteiger partial charge in [-0.2, -0.15) is 0 Å². The summed E-state index contributed by atoms with van der Waals surface area (Å²) in [6.45, 7) is 0. The Labute approximate surface area is 96.2 Å². The number of hydrogen-bond acceptors (Lipinski definition) is 2. The van der Waals surface area contributed by atoms with Crippen molar-refractivity contribution in [3.63, 3.8) is 0 Å². The first-order chi connectivity index (χ1) is 7.79. The molecule has 0 aromatic heterocycles. The zero-order chi connectivity index (χ0) is 11.4. The second kappa shape index (κ2) is 5.12. The van der Waals surface area contributed by atoms with Gasteiger partial charge in [0.25, 0.3) is 0 Å². The Kier molecular flexibility index (Phi) is 3.57. The van der Waals surface area contributed by atoms with Crippen molar-refractivity contribution in [2.24, 2.45) is 0 Å². The molecule has 0 heterocycles. The van der Waals surface area contributed by atoms with E-state index >= 15 is 0 Å². The summed E-state index contributed by atoms with van der Waals surface area (Å²) in [6.07, 6.45) is 3.01. The largest absolute Gasteiger partial charge is 0.352 e. The summed E-state index contributed by atoms with van der Waals surface area (Å²) >= 11 is 0. The molecule has 0 bridgehead atoms. The van der Waals surface area contributed by atoms with E-state index in [1.807, 2.05) is 25.2 Å². The highest BCUT2D eigenvalue weighted by atomic mass is 16.2. The first-order valence-electron chi connectivity index (χ1n) is 5.81. The highest BCUT2D eigenvalue weighted by Gasteiger charge is 2.26. The maximum absolute atomic E-state index is 11.9. The predicted octanol–water partition coefficient (Wildman–Crippen LogP) is 1.10. The molecule has 16 heavy (non-hydrogen) atoms. The third kappa shape index (κ3) is 3.07. The summed E-state index contributed by atoms with van der Waals surface area (Å²) in [6, 6.07) is 10.4. The van der Waals surface area contributed by atoms with Gasteiger partial charge in [-0.15, -0.1) is 0 Å². The van der Waals surface area contributed by atoms with Crippen LogP contribution in [-0.2, 0) is 11.2 Å². The summed E-state index contributed by atoms with van der Waals surface area (Å²) in [5, 5.41) is 6.10. The Morgan fingerprint density at radius 2 is 2.06 bits per heavy atom. The van der Waals surface area contributed by atoms with Crippen LogP contribution < -0.4 is 10.6 Å². The predicted molar refractivity (Wildman–Crippen MR) is 64.2 cm³/mol. The highest BCUT2D eigenvalue weighted by molar-refractivity contribution is 5.82. The molecule has 0 spiro atoms. The zero-order valence-corrected chi connectivity index (χ0v) is 9.57. The van der Waals surface area contributed by atoms with E-state index in [4.69, 9.17) is 0 Å². The fourth-order valence-electron chi connectivity index (χ4n) is 1.71. The maximum atomic E-state index is 11.9. The molecule has 3 heteroatoms. The van der Waals surface area contributed by atoms with Gasteiger partial charge in [0.15, 0.2) is 0 Å². The van der Waals surface area contributed by atoms with Crippen LogP contribution >= 0.6 is 0 Å². The quantitative estimate of drug-likeness (QED) is 0.777. The van der Waals surface area contributed by atoms with Gasteiger partial charge in [-0.1, -0.05) is 30.3 Å². The molecule has 1 atom stereocenters. The van der Waals surface area contributed by atoms with Gasteiger partial charge in [0.1, 0.15) is 0 Å². The van der Waals surface area contributed by atoms with Gasteiger partial charge < -0.3 is 10.6 Å². The molecule has 0 radical (unpaired) electrons.